The second-order valence-corrected chi connectivity index (χ2v) is 6.10. The monoisotopic (exact) mass is 326 g/mol. The number of hydrogen-bond acceptors (Lipinski definition) is 5. The second kappa shape index (κ2) is 6.79. The molecule has 1 aliphatic rings. The second-order valence-electron chi connectivity index (χ2n) is 5.15. The summed E-state index contributed by atoms with van der Waals surface area (Å²) >= 11 is 1.62. The molecule has 118 valence electrons. The lowest BCUT2D eigenvalue weighted by molar-refractivity contribution is -0.138. The fourth-order valence-corrected chi connectivity index (χ4v) is 3.24. The summed E-state index contributed by atoms with van der Waals surface area (Å²) in [4.78, 5) is 18.2. The van der Waals surface area contributed by atoms with E-state index < -0.39 is 0 Å². The minimum Gasteiger partial charge on any atom is -0.463 e. The maximum Gasteiger partial charge on any atom is 0.338 e. The van der Waals surface area contributed by atoms with Gasteiger partial charge < -0.3 is 10.1 Å². The lowest BCUT2D eigenvalue weighted by Gasteiger charge is -2.25. The van der Waals surface area contributed by atoms with Crippen LogP contribution in [0.1, 0.15) is 30.3 Å². The van der Waals surface area contributed by atoms with Gasteiger partial charge in [-0.15, -0.1) is 11.3 Å². The van der Waals surface area contributed by atoms with E-state index in [1.54, 1.807) is 11.3 Å². The zero-order valence-electron chi connectivity index (χ0n) is 13.1. The highest BCUT2D eigenvalue weighted by molar-refractivity contribution is 7.12. The van der Waals surface area contributed by atoms with Gasteiger partial charge in [-0.1, -0.05) is 36.4 Å². The third-order valence-corrected chi connectivity index (χ3v) is 4.48. The Kier molecular flexibility index (Phi) is 4.57. The van der Waals surface area contributed by atoms with Crippen molar-refractivity contribution in [2.24, 2.45) is 4.99 Å². The molecule has 2 heterocycles. The Balaban J connectivity index is 2.05. The van der Waals surface area contributed by atoms with Gasteiger partial charge in [-0.3, -0.25) is 4.99 Å². The van der Waals surface area contributed by atoms with Crippen LogP contribution < -0.4 is 5.32 Å². The molecule has 1 aromatic carbocycles. The Hall–Kier alpha value is -2.40. The summed E-state index contributed by atoms with van der Waals surface area (Å²) in [5, 5.41) is 5.26. The van der Waals surface area contributed by atoms with Gasteiger partial charge in [-0.25, -0.2) is 4.79 Å². The van der Waals surface area contributed by atoms with E-state index in [2.05, 4.69) is 5.32 Å². The van der Waals surface area contributed by atoms with Crippen LogP contribution in [-0.2, 0) is 9.53 Å². The van der Waals surface area contributed by atoms with E-state index in [0.717, 1.165) is 22.0 Å². The average Bonchev–Trinajstić information content (AvgIpc) is 3.09. The maximum atomic E-state index is 12.4. The number of carbonyl (C=O) groups excluding carboxylic acids is 1. The number of ether oxygens (including phenoxy) is 1. The molecule has 1 unspecified atom stereocenters. The fraction of sp³-hybridized carbons (Fsp3) is 0.222. The molecule has 0 spiro atoms. The highest BCUT2D eigenvalue weighted by Gasteiger charge is 2.30. The van der Waals surface area contributed by atoms with Gasteiger partial charge in [0.1, 0.15) is 11.9 Å². The van der Waals surface area contributed by atoms with E-state index in [9.17, 15) is 4.79 Å². The molecule has 1 N–H and O–H groups in total. The molecule has 0 saturated carbocycles. The van der Waals surface area contributed by atoms with E-state index >= 15 is 0 Å². The van der Waals surface area contributed by atoms with E-state index in [1.807, 2.05) is 61.7 Å². The van der Waals surface area contributed by atoms with Crippen LogP contribution in [0.4, 0.5) is 0 Å². The van der Waals surface area contributed by atoms with Crippen LogP contribution >= 0.6 is 11.3 Å². The lowest BCUT2D eigenvalue weighted by Crippen LogP contribution is -2.32. The largest absolute Gasteiger partial charge is 0.463 e. The molecule has 0 bridgehead atoms. The first-order chi connectivity index (χ1) is 11.2. The van der Waals surface area contributed by atoms with Gasteiger partial charge in [0.25, 0.3) is 0 Å². The Morgan fingerprint density at radius 2 is 2.04 bits per heavy atom. The summed E-state index contributed by atoms with van der Waals surface area (Å²) in [6.45, 7) is 4.05. The Bertz CT molecular complexity index is 749. The van der Waals surface area contributed by atoms with Gasteiger partial charge in [0.2, 0.25) is 0 Å². The van der Waals surface area contributed by atoms with Crippen molar-refractivity contribution in [3.63, 3.8) is 0 Å². The van der Waals surface area contributed by atoms with Crippen molar-refractivity contribution < 1.29 is 9.53 Å². The number of aliphatic imine (C=N–C) groups is 1. The number of thiophene rings is 1. The molecule has 5 heteroatoms. The molecule has 1 aliphatic heterocycles. The zero-order chi connectivity index (χ0) is 16.2. The predicted molar refractivity (Wildman–Crippen MR) is 92.5 cm³/mol. The Morgan fingerprint density at radius 1 is 1.26 bits per heavy atom. The molecule has 0 saturated heterocycles. The third-order valence-electron chi connectivity index (χ3n) is 3.61. The van der Waals surface area contributed by atoms with Gasteiger partial charge in [-0.2, -0.15) is 0 Å². The first-order valence-electron chi connectivity index (χ1n) is 7.52. The molecule has 1 aromatic heterocycles. The maximum absolute atomic E-state index is 12.4. The molecular formula is C18H18N2O2S. The number of carbonyl (C=O) groups is 1. The number of rotatable bonds is 4. The van der Waals surface area contributed by atoms with Gasteiger partial charge in [-0.05, 0) is 30.9 Å². The number of hydrogen-bond donors (Lipinski definition) is 1. The highest BCUT2D eigenvalue weighted by Crippen LogP contribution is 2.32. The summed E-state index contributed by atoms with van der Waals surface area (Å²) < 4.78 is 5.23. The molecule has 2 aromatic rings. The van der Waals surface area contributed by atoms with E-state index in [-0.39, 0.29) is 12.0 Å². The molecule has 1 atom stereocenters. The van der Waals surface area contributed by atoms with Crippen molar-refractivity contribution in [1.82, 2.24) is 5.32 Å². The number of amidine groups is 1. The van der Waals surface area contributed by atoms with Gasteiger partial charge >= 0.3 is 5.97 Å². The summed E-state index contributed by atoms with van der Waals surface area (Å²) in [5.74, 6) is 0.472. The molecule has 23 heavy (non-hydrogen) atoms. The zero-order valence-corrected chi connectivity index (χ0v) is 13.9. The molecule has 0 fully saturated rings. The summed E-state index contributed by atoms with van der Waals surface area (Å²) in [6, 6.07) is 13.5. The van der Waals surface area contributed by atoms with E-state index in [0.29, 0.717) is 12.2 Å². The van der Waals surface area contributed by atoms with Crippen molar-refractivity contribution in [3.05, 3.63) is 69.6 Å². The third kappa shape index (κ3) is 3.19. The molecule has 3 rings (SSSR count). The van der Waals surface area contributed by atoms with Crippen molar-refractivity contribution in [3.8, 4) is 0 Å². The van der Waals surface area contributed by atoms with Crippen LogP contribution in [0.3, 0.4) is 0 Å². The van der Waals surface area contributed by atoms with Gasteiger partial charge in [0.15, 0.2) is 0 Å². The summed E-state index contributed by atoms with van der Waals surface area (Å²) in [5.41, 5.74) is 2.33. The van der Waals surface area contributed by atoms with E-state index in [4.69, 9.17) is 9.73 Å². The standard InChI is InChI=1S/C18H18N2O2S/c1-3-22-18(21)15-12(2)19-17(14-10-7-11-23-14)20-16(15)13-8-5-4-6-9-13/h4-11,16H,3H2,1-2H3,(H,19,20). The average molecular weight is 326 g/mol. The summed E-state index contributed by atoms with van der Waals surface area (Å²) in [7, 11) is 0. The number of nitrogens with zero attached hydrogens (tertiary/aromatic N) is 1. The fourth-order valence-electron chi connectivity index (χ4n) is 2.56. The van der Waals surface area contributed by atoms with Crippen LogP contribution in [0.5, 0.6) is 0 Å². The van der Waals surface area contributed by atoms with Crippen molar-refractivity contribution in [2.45, 2.75) is 19.9 Å². The first-order valence-corrected chi connectivity index (χ1v) is 8.40. The molecular weight excluding hydrogens is 308 g/mol. The van der Waals surface area contributed by atoms with Crippen LogP contribution in [0.15, 0.2) is 64.1 Å². The van der Waals surface area contributed by atoms with Crippen LogP contribution in [0.25, 0.3) is 0 Å². The highest BCUT2D eigenvalue weighted by atomic mass is 32.1. The Labute approximate surface area is 139 Å². The van der Waals surface area contributed by atoms with Crippen LogP contribution in [0, 0.1) is 0 Å². The minimum absolute atomic E-state index is 0.319. The molecule has 0 aliphatic carbocycles. The topological polar surface area (TPSA) is 50.7 Å². The quantitative estimate of drug-likeness (QED) is 0.872. The van der Waals surface area contributed by atoms with Crippen LogP contribution in [0.2, 0.25) is 0 Å². The van der Waals surface area contributed by atoms with Crippen LogP contribution in [-0.4, -0.2) is 18.4 Å². The number of esters is 1. The molecule has 0 amide bonds. The predicted octanol–water partition coefficient (Wildman–Crippen LogP) is 3.68. The first kappa shape index (κ1) is 15.5. The molecule has 4 nitrogen and oxygen atoms in total. The Morgan fingerprint density at radius 3 is 2.70 bits per heavy atom. The number of benzene rings is 1. The van der Waals surface area contributed by atoms with Crippen molar-refractivity contribution >= 4 is 23.1 Å². The molecule has 0 radical (unpaired) electrons. The number of allylic oxidation sites excluding steroid dienone is 1. The number of nitrogens with one attached hydrogen (secondary N) is 1. The van der Waals surface area contributed by atoms with Gasteiger partial charge in [0, 0.05) is 5.70 Å². The van der Waals surface area contributed by atoms with E-state index in [1.165, 1.54) is 0 Å². The van der Waals surface area contributed by atoms with Crippen molar-refractivity contribution in [1.29, 1.82) is 0 Å². The smallest absolute Gasteiger partial charge is 0.338 e. The normalized spacial score (nSPS) is 17.5. The summed E-state index contributed by atoms with van der Waals surface area (Å²) in [6.07, 6.45) is 0. The SMILES string of the molecule is CCOC(=O)C1=C(C)NC(c2cccs2)=NC1c1ccccc1. The minimum atomic E-state index is -0.353. The van der Waals surface area contributed by atoms with Crippen molar-refractivity contribution in [2.75, 3.05) is 6.61 Å². The lowest BCUT2D eigenvalue weighted by atomic mass is 9.96. The van der Waals surface area contributed by atoms with Gasteiger partial charge in [0.05, 0.1) is 17.1 Å².